The number of benzene rings is 1. The van der Waals surface area contributed by atoms with Crippen LogP contribution in [-0.2, 0) is 11.2 Å². The molecule has 23 heavy (non-hydrogen) atoms. The van der Waals surface area contributed by atoms with Crippen LogP contribution in [0.15, 0.2) is 18.2 Å². The van der Waals surface area contributed by atoms with Crippen molar-refractivity contribution in [2.24, 2.45) is 5.41 Å². The number of hydrogen-bond acceptors (Lipinski definition) is 3. The van der Waals surface area contributed by atoms with Gasteiger partial charge in [0.1, 0.15) is 6.61 Å². The molecule has 132 valence electrons. The fourth-order valence-corrected chi connectivity index (χ4v) is 1.82. The van der Waals surface area contributed by atoms with Crippen molar-refractivity contribution in [3.05, 3.63) is 23.8 Å². The maximum Gasteiger partial charge on any atom is 0.394 e. The lowest BCUT2D eigenvalue weighted by Crippen LogP contribution is -2.34. The molecule has 1 aromatic rings. The van der Waals surface area contributed by atoms with Crippen LogP contribution in [0, 0.1) is 5.41 Å². The minimum atomic E-state index is -4.41. The number of hydrogen-bond donors (Lipinski definition) is 0. The molecule has 0 N–H and O–H groups in total. The Labute approximate surface area is 131 Å². The van der Waals surface area contributed by atoms with Crippen LogP contribution < -0.4 is 9.47 Å². The van der Waals surface area contributed by atoms with Crippen LogP contribution in [0.2, 0.25) is 0 Å². The predicted octanol–water partition coefficient (Wildman–Crippen LogP) is 4.44. The van der Waals surface area contributed by atoms with E-state index in [1.807, 2.05) is 0 Å². The molecule has 0 saturated heterocycles. The lowest BCUT2D eigenvalue weighted by atomic mass is 9.85. The van der Waals surface area contributed by atoms with Gasteiger partial charge >= 0.3 is 12.8 Å². The Morgan fingerprint density at radius 1 is 1.04 bits per heavy atom. The average molecular weight is 342 g/mol. The highest BCUT2D eigenvalue weighted by Crippen LogP contribution is 2.41. The third-order valence-corrected chi connectivity index (χ3v) is 3.18. The zero-order valence-electron chi connectivity index (χ0n) is 13.0. The topological polar surface area (TPSA) is 27.7 Å². The van der Waals surface area contributed by atoms with E-state index >= 15 is 0 Å². The number of alkyl halides is 5. The summed E-state index contributed by atoms with van der Waals surface area (Å²) in [5.74, 6) is -0.275. The second-order valence-electron chi connectivity index (χ2n) is 5.56. The van der Waals surface area contributed by atoms with Gasteiger partial charge in [0, 0.05) is 7.11 Å². The first kappa shape index (κ1) is 19.5. The van der Waals surface area contributed by atoms with Gasteiger partial charge in [-0.15, -0.1) is 0 Å². The van der Waals surface area contributed by atoms with Gasteiger partial charge < -0.3 is 14.2 Å². The Balaban J connectivity index is 2.98. The van der Waals surface area contributed by atoms with Crippen LogP contribution in [0.5, 0.6) is 11.5 Å². The molecule has 0 amide bonds. The Morgan fingerprint density at radius 2 is 1.70 bits per heavy atom. The van der Waals surface area contributed by atoms with E-state index in [1.54, 1.807) is 0 Å². The summed E-state index contributed by atoms with van der Waals surface area (Å²) in [5, 5.41) is 0. The third kappa shape index (κ3) is 5.85. The van der Waals surface area contributed by atoms with Gasteiger partial charge in [-0.2, -0.15) is 22.0 Å². The van der Waals surface area contributed by atoms with Crippen molar-refractivity contribution in [1.82, 2.24) is 0 Å². The van der Waals surface area contributed by atoms with Crippen LogP contribution in [0.3, 0.4) is 0 Å². The smallest absolute Gasteiger partial charge is 0.394 e. The first-order chi connectivity index (χ1) is 10.6. The van der Waals surface area contributed by atoms with Crippen molar-refractivity contribution >= 4 is 0 Å². The van der Waals surface area contributed by atoms with Gasteiger partial charge in [-0.3, -0.25) is 0 Å². The molecule has 1 aromatic carbocycles. The molecule has 0 spiro atoms. The number of ether oxygens (including phenoxy) is 3. The second-order valence-corrected chi connectivity index (χ2v) is 5.56. The van der Waals surface area contributed by atoms with E-state index in [0.29, 0.717) is 0 Å². The molecular weight excluding hydrogens is 323 g/mol. The largest absolute Gasteiger partial charge is 0.487 e. The summed E-state index contributed by atoms with van der Waals surface area (Å²) in [6.45, 7) is -0.682. The molecular formula is C15H19F5O3. The fourth-order valence-electron chi connectivity index (χ4n) is 1.82. The van der Waals surface area contributed by atoms with Gasteiger partial charge in [-0.05, 0) is 24.1 Å². The van der Waals surface area contributed by atoms with Gasteiger partial charge in [0.05, 0.1) is 12.0 Å². The highest BCUT2D eigenvalue weighted by Gasteiger charge is 2.47. The van der Waals surface area contributed by atoms with E-state index < -0.39 is 18.2 Å². The summed E-state index contributed by atoms with van der Waals surface area (Å²) in [4.78, 5) is 0. The maximum absolute atomic E-state index is 12.9. The Hall–Kier alpha value is -1.57. The second kappa shape index (κ2) is 7.81. The van der Waals surface area contributed by atoms with Gasteiger partial charge in [0.2, 0.25) is 0 Å². The van der Waals surface area contributed by atoms with Crippen molar-refractivity contribution in [3.63, 3.8) is 0 Å². The molecule has 8 heteroatoms. The lowest BCUT2D eigenvalue weighted by molar-refractivity contribution is -0.211. The molecule has 0 fully saturated rings. The van der Waals surface area contributed by atoms with Crippen LogP contribution in [-0.4, -0.2) is 33.1 Å². The molecule has 0 atom stereocenters. The van der Waals surface area contributed by atoms with E-state index in [2.05, 4.69) is 4.74 Å². The highest BCUT2D eigenvalue weighted by molar-refractivity contribution is 5.43. The van der Waals surface area contributed by atoms with Gasteiger partial charge in [0.25, 0.3) is 0 Å². The summed E-state index contributed by atoms with van der Waals surface area (Å²) in [6.07, 6.45) is -4.78. The Kier molecular flexibility index (Phi) is 6.61. The molecule has 1 rings (SSSR count). The van der Waals surface area contributed by atoms with Crippen LogP contribution in [0.4, 0.5) is 22.0 Å². The van der Waals surface area contributed by atoms with Crippen molar-refractivity contribution in [1.29, 1.82) is 0 Å². The van der Waals surface area contributed by atoms with Crippen LogP contribution in [0.1, 0.15) is 19.4 Å². The minimum absolute atomic E-state index is 0.0240. The highest BCUT2D eigenvalue weighted by atomic mass is 19.4. The van der Waals surface area contributed by atoms with Crippen LogP contribution >= 0.6 is 0 Å². The molecule has 3 nitrogen and oxygen atoms in total. The van der Waals surface area contributed by atoms with E-state index in [1.165, 1.54) is 19.2 Å². The Morgan fingerprint density at radius 3 is 2.22 bits per heavy atom. The van der Waals surface area contributed by atoms with E-state index in [0.717, 1.165) is 19.9 Å². The van der Waals surface area contributed by atoms with Gasteiger partial charge in [-0.1, -0.05) is 19.9 Å². The van der Waals surface area contributed by atoms with Crippen molar-refractivity contribution in [2.45, 2.75) is 33.1 Å². The summed E-state index contributed by atoms with van der Waals surface area (Å²) in [5.41, 5.74) is -1.77. The van der Waals surface area contributed by atoms with Crippen molar-refractivity contribution in [2.75, 3.05) is 20.3 Å². The molecule has 0 aliphatic heterocycles. The minimum Gasteiger partial charge on any atom is -0.487 e. The van der Waals surface area contributed by atoms with Crippen molar-refractivity contribution < 1.29 is 36.2 Å². The summed E-state index contributed by atoms with van der Waals surface area (Å²) in [7, 11) is 1.45. The van der Waals surface area contributed by atoms with E-state index in [-0.39, 0.29) is 36.7 Å². The summed E-state index contributed by atoms with van der Waals surface area (Å²) >= 11 is 0. The van der Waals surface area contributed by atoms with Gasteiger partial charge in [-0.25, -0.2) is 0 Å². The first-order valence-electron chi connectivity index (χ1n) is 6.83. The molecule has 0 saturated carbocycles. The molecule has 0 aliphatic carbocycles. The quantitative estimate of drug-likeness (QED) is 0.516. The number of methoxy groups -OCH3 is 1. The van der Waals surface area contributed by atoms with E-state index in [4.69, 9.17) is 9.47 Å². The lowest BCUT2D eigenvalue weighted by Gasteiger charge is -2.28. The molecule has 0 radical (unpaired) electrons. The molecule has 0 bridgehead atoms. The maximum atomic E-state index is 12.9. The molecule has 0 aliphatic rings. The zero-order chi connectivity index (χ0) is 17.7. The first-order valence-corrected chi connectivity index (χ1v) is 6.83. The van der Waals surface area contributed by atoms with Crippen molar-refractivity contribution in [3.8, 4) is 11.5 Å². The molecule has 0 unspecified atom stereocenters. The third-order valence-electron chi connectivity index (χ3n) is 3.18. The van der Waals surface area contributed by atoms with Crippen LogP contribution in [0.25, 0.3) is 0 Å². The molecule has 0 heterocycles. The fraction of sp³-hybridized carbons (Fsp3) is 0.600. The normalized spacial score (nSPS) is 12.6. The number of rotatable bonds is 8. The predicted molar refractivity (Wildman–Crippen MR) is 74.0 cm³/mol. The summed E-state index contributed by atoms with van der Waals surface area (Å²) in [6, 6.07) is 3.85. The summed E-state index contributed by atoms with van der Waals surface area (Å²) < 4.78 is 78.0. The van der Waals surface area contributed by atoms with Gasteiger partial charge in [0.15, 0.2) is 11.5 Å². The SMILES string of the molecule is COCCOc1ccc(CC(C)(C)C(F)(F)F)cc1OC(F)F. The van der Waals surface area contributed by atoms with E-state index in [9.17, 15) is 22.0 Å². The monoisotopic (exact) mass is 342 g/mol. The molecule has 0 aromatic heterocycles. The number of halogens is 5. The Bertz CT molecular complexity index is 500. The standard InChI is InChI=1S/C15H19F5O3/c1-14(2,15(18,19)20)9-10-4-5-11(22-7-6-21-3)12(8-10)23-13(16)17/h4-5,8,13H,6-7,9H2,1-3H3. The zero-order valence-corrected chi connectivity index (χ0v) is 13.0. The average Bonchev–Trinajstić information content (AvgIpc) is 2.39.